The van der Waals surface area contributed by atoms with Gasteiger partial charge in [0, 0.05) is 13.6 Å². The summed E-state index contributed by atoms with van der Waals surface area (Å²) < 4.78 is 1.96. The summed E-state index contributed by atoms with van der Waals surface area (Å²) in [5, 5.41) is 15.7. The average Bonchev–Trinajstić information content (AvgIpc) is 3.02. The largest absolute Gasteiger partial charge is 0.351 e. The van der Waals surface area contributed by atoms with Crippen molar-refractivity contribution in [1.29, 1.82) is 0 Å². The number of anilines is 1. The molecule has 0 saturated heterocycles. The van der Waals surface area contributed by atoms with Crippen LogP contribution in [0.2, 0.25) is 0 Å². The molecule has 2 heterocycles. The lowest BCUT2D eigenvalue weighted by atomic mass is 10.3. The van der Waals surface area contributed by atoms with Crippen molar-refractivity contribution in [2.24, 2.45) is 7.05 Å². The van der Waals surface area contributed by atoms with Crippen LogP contribution in [-0.4, -0.2) is 38.3 Å². The first-order valence-corrected chi connectivity index (χ1v) is 7.14. The van der Waals surface area contributed by atoms with E-state index in [0.29, 0.717) is 22.4 Å². The highest BCUT2D eigenvalue weighted by atomic mass is 79.9. The van der Waals surface area contributed by atoms with Gasteiger partial charge in [-0.2, -0.15) is 10.2 Å². The van der Waals surface area contributed by atoms with E-state index in [9.17, 15) is 9.59 Å². The van der Waals surface area contributed by atoms with Crippen molar-refractivity contribution in [2.75, 3.05) is 11.9 Å². The van der Waals surface area contributed by atoms with Crippen LogP contribution in [0.3, 0.4) is 0 Å². The summed E-state index contributed by atoms with van der Waals surface area (Å²) in [7, 11) is 1.64. The fourth-order valence-corrected chi connectivity index (χ4v) is 2.11. The number of H-pyrrole nitrogens is 1. The minimum absolute atomic E-state index is 0.277. The van der Waals surface area contributed by atoms with Gasteiger partial charge < -0.3 is 10.6 Å². The lowest BCUT2D eigenvalue weighted by Crippen LogP contribution is -2.27. The highest BCUT2D eigenvalue weighted by Crippen LogP contribution is 2.18. The van der Waals surface area contributed by atoms with Gasteiger partial charge in [-0.15, -0.1) is 0 Å². The molecule has 0 aromatic carbocycles. The van der Waals surface area contributed by atoms with Crippen LogP contribution < -0.4 is 10.6 Å². The van der Waals surface area contributed by atoms with Crippen LogP contribution in [0.1, 0.15) is 34.3 Å². The molecule has 21 heavy (non-hydrogen) atoms. The van der Waals surface area contributed by atoms with E-state index in [-0.39, 0.29) is 11.6 Å². The Balaban J connectivity index is 2.19. The highest BCUT2D eigenvalue weighted by molar-refractivity contribution is 9.10. The van der Waals surface area contributed by atoms with Gasteiger partial charge >= 0.3 is 0 Å². The summed E-state index contributed by atoms with van der Waals surface area (Å²) in [6.07, 6.45) is 3.74. The number of carbonyl (C=O) groups excluding carboxylic acids is 2. The number of carbonyl (C=O) groups is 2. The predicted octanol–water partition coefficient (Wildman–Crippen LogP) is 1.30. The average molecular weight is 355 g/mol. The third-order valence-corrected chi connectivity index (χ3v) is 3.36. The quantitative estimate of drug-likeness (QED) is 0.752. The smallest absolute Gasteiger partial charge is 0.274 e. The maximum atomic E-state index is 12.1. The van der Waals surface area contributed by atoms with E-state index >= 15 is 0 Å². The van der Waals surface area contributed by atoms with Gasteiger partial charge in [0.25, 0.3) is 11.8 Å². The van der Waals surface area contributed by atoms with Crippen LogP contribution >= 0.6 is 15.9 Å². The lowest BCUT2D eigenvalue weighted by molar-refractivity contribution is 0.0945. The van der Waals surface area contributed by atoms with Crippen molar-refractivity contribution in [1.82, 2.24) is 25.3 Å². The Morgan fingerprint density at radius 2 is 2.14 bits per heavy atom. The number of hydrogen-bond acceptors (Lipinski definition) is 4. The number of hydrogen-bond donors (Lipinski definition) is 3. The zero-order valence-corrected chi connectivity index (χ0v) is 13.2. The van der Waals surface area contributed by atoms with Crippen LogP contribution in [0.5, 0.6) is 0 Å². The zero-order chi connectivity index (χ0) is 15.4. The molecule has 112 valence electrons. The number of aromatic amines is 1. The summed E-state index contributed by atoms with van der Waals surface area (Å²) in [6.45, 7) is 2.52. The molecule has 0 fully saturated rings. The van der Waals surface area contributed by atoms with Gasteiger partial charge in [-0.05, 0) is 22.4 Å². The molecule has 0 atom stereocenters. The summed E-state index contributed by atoms with van der Waals surface area (Å²) in [5.74, 6) is -0.687. The molecule has 0 radical (unpaired) electrons. The maximum absolute atomic E-state index is 12.1. The van der Waals surface area contributed by atoms with Crippen LogP contribution in [0.4, 0.5) is 5.69 Å². The highest BCUT2D eigenvalue weighted by Gasteiger charge is 2.20. The Labute approximate surface area is 129 Å². The van der Waals surface area contributed by atoms with E-state index in [4.69, 9.17) is 0 Å². The van der Waals surface area contributed by atoms with Gasteiger partial charge in [-0.25, -0.2) is 0 Å². The topological polar surface area (TPSA) is 105 Å². The molecule has 0 spiro atoms. The Kier molecular flexibility index (Phi) is 4.73. The third kappa shape index (κ3) is 3.30. The van der Waals surface area contributed by atoms with Crippen LogP contribution in [0, 0.1) is 0 Å². The van der Waals surface area contributed by atoms with Crippen molar-refractivity contribution >= 4 is 33.4 Å². The number of amides is 2. The monoisotopic (exact) mass is 354 g/mol. The number of aromatic nitrogens is 4. The maximum Gasteiger partial charge on any atom is 0.274 e. The molecule has 8 nitrogen and oxygen atoms in total. The summed E-state index contributed by atoms with van der Waals surface area (Å²) in [6, 6.07) is 0. The minimum atomic E-state index is -0.406. The van der Waals surface area contributed by atoms with Crippen LogP contribution in [-0.2, 0) is 7.05 Å². The molecular weight excluding hydrogens is 340 g/mol. The third-order valence-electron chi connectivity index (χ3n) is 2.76. The van der Waals surface area contributed by atoms with E-state index < -0.39 is 5.91 Å². The second kappa shape index (κ2) is 6.53. The van der Waals surface area contributed by atoms with Crippen LogP contribution in [0.15, 0.2) is 16.9 Å². The summed E-state index contributed by atoms with van der Waals surface area (Å²) in [5.41, 5.74) is 0.920. The fraction of sp³-hybridized carbons (Fsp3) is 0.333. The lowest BCUT2D eigenvalue weighted by Gasteiger charge is -2.07. The van der Waals surface area contributed by atoms with Crippen molar-refractivity contribution in [3.63, 3.8) is 0 Å². The number of halogens is 1. The number of nitrogens with zero attached hydrogens (tertiary/aromatic N) is 3. The van der Waals surface area contributed by atoms with Gasteiger partial charge in [-0.3, -0.25) is 19.4 Å². The molecule has 0 saturated carbocycles. The molecule has 2 rings (SSSR count). The minimum Gasteiger partial charge on any atom is -0.351 e. The summed E-state index contributed by atoms with van der Waals surface area (Å²) in [4.78, 5) is 24.2. The predicted molar refractivity (Wildman–Crippen MR) is 80.1 cm³/mol. The molecule has 0 bridgehead atoms. The van der Waals surface area contributed by atoms with Gasteiger partial charge in [0.15, 0.2) is 0 Å². The molecule has 0 aliphatic carbocycles. The summed E-state index contributed by atoms with van der Waals surface area (Å²) >= 11 is 3.21. The zero-order valence-electron chi connectivity index (χ0n) is 11.6. The Morgan fingerprint density at radius 3 is 2.76 bits per heavy atom. The van der Waals surface area contributed by atoms with E-state index in [1.54, 1.807) is 7.05 Å². The Bertz CT molecular complexity index is 663. The molecule has 9 heteroatoms. The van der Waals surface area contributed by atoms with Crippen molar-refractivity contribution in [3.8, 4) is 0 Å². The van der Waals surface area contributed by atoms with Gasteiger partial charge in [0.1, 0.15) is 11.4 Å². The molecule has 2 aromatic heterocycles. The van der Waals surface area contributed by atoms with E-state index in [1.807, 2.05) is 6.92 Å². The molecule has 3 N–H and O–H groups in total. The molecule has 2 aromatic rings. The second-order valence-electron chi connectivity index (χ2n) is 4.33. The van der Waals surface area contributed by atoms with E-state index in [1.165, 1.54) is 17.1 Å². The standard InChI is InChI=1S/C12H15BrN6O2/c1-3-4-14-12(21)10-8(6-16-19(10)2)17-11(20)9-7(13)5-15-18-9/h5-6H,3-4H2,1-2H3,(H,14,21)(H,15,18)(H,17,20). The number of aryl methyl sites for hydroxylation is 1. The second-order valence-corrected chi connectivity index (χ2v) is 5.19. The number of nitrogens with one attached hydrogen (secondary N) is 3. The normalized spacial score (nSPS) is 10.4. The van der Waals surface area contributed by atoms with Crippen LogP contribution in [0.25, 0.3) is 0 Å². The number of rotatable bonds is 5. The molecule has 0 unspecified atom stereocenters. The van der Waals surface area contributed by atoms with Gasteiger partial charge in [0.05, 0.1) is 22.6 Å². The first-order chi connectivity index (χ1) is 10.0. The van der Waals surface area contributed by atoms with Crippen molar-refractivity contribution in [3.05, 3.63) is 28.3 Å². The first-order valence-electron chi connectivity index (χ1n) is 6.35. The molecule has 2 amide bonds. The Morgan fingerprint density at radius 1 is 1.38 bits per heavy atom. The fourth-order valence-electron chi connectivity index (χ4n) is 1.74. The van der Waals surface area contributed by atoms with Crippen molar-refractivity contribution in [2.45, 2.75) is 13.3 Å². The SMILES string of the molecule is CCCNC(=O)c1c(NC(=O)c2[nH]ncc2Br)cnn1C. The van der Waals surface area contributed by atoms with Crippen molar-refractivity contribution < 1.29 is 9.59 Å². The van der Waals surface area contributed by atoms with Gasteiger partial charge in [-0.1, -0.05) is 6.92 Å². The Hall–Kier alpha value is -2.16. The molecule has 0 aliphatic heterocycles. The molecule has 0 aliphatic rings. The van der Waals surface area contributed by atoms with E-state index in [2.05, 4.69) is 41.9 Å². The van der Waals surface area contributed by atoms with E-state index in [0.717, 1.165) is 6.42 Å². The van der Waals surface area contributed by atoms with Gasteiger partial charge in [0.2, 0.25) is 0 Å². The first kappa shape index (κ1) is 15.2. The molecular formula is C12H15BrN6O2.